The molecule has 16 heavy (non-hydrogen) atoms. The largest absolute Gasteiger partial charge is 0.260 e. The van der Waals surface area contributed by atoms with Gasteiger partial charge < -0.3 is 0 Å². The molecule has 0 aromatic heterocycles. The van der Waals surface area contributed by atoms with Crippen LogP contribution in [-0.2, 0) is 5.41 Å². The van der Waals surface area contributed by atoms with E-state index in [0.29, 0.717) is 0 Å². The topological polar surface area (TPSA) is 12.4 Å². The molecule has 2 aromatic carbocycles. The summed E-state index contributed by atoms with van der Waals surface area (Å²) < 4.78 is 0. The molecule has 0 fully saturated rings. The van der Waals surface area contributed by atoms with Crippen molar-refractivity contribution in [2.75, 3.05) is 0 Å². The first-order chi connectivity index (χ1) is 7.81. The molecule has 78 valence electrons. The number of aliphatic imine (C=N–C) groups is 1. The van der Waals surface area contributed by atoms with E-state index in [-0.39, 0.29) is 5.41 Å². The first-order valence-electron chi connectivity index (χ1n) is 5.51. The highest BCUT2D eigenvalue weighted by molar-refractivity contribution is 5.88. The van der Waals surface area contributed by atoms with Gasteiger partial charge in [0.25, 0.3) is 0 Å². The highest BCUT2D eigenvalue weighted by Gasteiger charge is 2.32. The van der Waals surface area contributed by atoms with Crippen molar-refractivity contribution < 1.29 is 0 Å². The quantitative estimate of drug-likeness (QED) is 0.676. The van der Waals surface area contributed by atoms with Crippen molar-refractivity contribution in [1.29, 1.82) is 0 Å². The van der Waals surface area contributed by atoms with Crippen LogP contribution in [-0.4, -0.2) is 6.21 Å². The van der Waals surface area contributed by atoms with E-state index in [4.69, 9.17) is 0 Å². The summed E-state index contributed by atoms with van der Waals surface area (Å²) in [4.78, 5) is 4.50. The lowest BCUT2D eigenvalue weighted by Crippen LogP contribution is -2.22. The molecule has 0 spiro atoms. The van der Waals surface area contributed by atoms with Crippen LogP contribution in [0.25, 0.3) is 0 Å². The van der Waals surface area contributed by atoms with Crippen LogP contribution in [0.4, 0.5) is 5.69 Å². The van der Waals surface area contributed by atoms with Crippen LogP contribution in [0.2, 0.25) is 0 Å². The molecule has 2 aromatic rings. The summed E-state index contributed by atoms with van der Waals surface area (Å²) in [5.41, 5.74) is 3.61. The average molecular weight is 207 g/mol. The molecule has 1 aliphatic rings. The molecule has 3 rings (SSSR count). The third-order valence-corrected chi connectivity index (χ3v) is 3.30. The molecule has 0 amide bonds. The molecule has 1 nitrogen and oxygen atoms in total. The standard InChI is InChI=1S/C15H13N/c1-15(12-7-3-2-4-8-12)11-16-14-10-6-5-9-13(14)15/h2-11H,1H3/t15-/m1/s1. The van der Waals surface area contributed by atoms with Gasteiger partial charge in [-0.1, -0.05) is 48.5 Å². The van der Waals surface area contributed by atoms with E-state index in [1.165, 1.54) is 11.1 Å². The van der Waals surface area contributed by atoms with E-state index >= 15 is 0 Å². The van der Waals surface area contributed by atoms with E-state index in [2.05, 4.69) is 54.4 Å². The number of rotatable bonds is 1. The van der Waals surface area contributed by atoms with Gasteiger partial charge in [-0.3, -0.25) is 4.99 Å². The molecular weight excluding hydrogens is 194 g/mol. The normalized spacial score (nSPS) is 22.1. The molecule has 1 atom stereocenters. The molecule has 0 radical (unpaired) electrons. The van der Waals surface area contributed by atoms with Gasteiger partial charge in [0.1, 0.15) is 0 Å². The minimum absolute atomic E-state index is 0.0716. The maximum atomic E-state index is 4.50. The number of nitrogens with zero attached hydrogens (tertiary/aromatic N) is 1. The second-order valence-corrected chi connectivity index (χ2v) is 4.34. The van der Waals surface area contributed by atoms with Gasteiger partial charge >= 0.3 is 0 Å². The lowest BCUT2D eigenvalue weighted by Gasteiger charge is -2.22. The minimum Gasteiger partial charge on any atom is -0.260 e. The zero-order chi connectivity index (χ0) is 11.0. The number of hydrogen-bond acceptors (Lipinski definition) is 1. The van der Waals surface area contributed by atoms with E-state index in [0.717, 1.165) is 5.69 Å². The lowest BCUT2D eigenvalue weighted by atomic mass is 9.78. The van der Waals surface area contributed by atoms with Gasteiger partial charge in [0.15, 0.2) is 0 Å². The Labute approximate surface area is 95.5 Å². The molecule has 0 bridgehead atoms. The molecule has 0 saturated heterocycles. The van der Waals surface area contributed by atoms with Gasteiger partial charge in [-0.05, 0) is 24.1 Å². The second kappa shape index (κ2) is 3.31. The van der Waals surface area contributed by atoms with Crippen LogP contribution in [0, 0.1) is 0 Å². The van der Waals surface area contributed by atoms with Crippen molar-refractivity contribution in [1.82, 2.24) is 0 Å². The summed E-state index contributed by atoms with van der Waals surface area (Å²) in [6.07, 6.45) is 2.05. The third kappa shape index (κ3) is 1.21. The number of hydrogen-bond donors (Lipinski definition) is 0. The fourth-order valence-corrected chi connectivity index (χ4v) is 2.31. The predicted octanol–water partition coefficient (Wildman–Crippen LogP) is 3.71. The van der Waals surface area contributed by atoms with E-state index in [9.17, 15) is 0 Å². The number of para-hydroxylation sites is 1. The van der Waals surface area contributed by atoms with Gasteiger partial charge in [-0.15, -0.1) is 0 Å². The Hall–Kier alpha value is -1.89. The number of fused-ring (bicyclic) bond motifs is 1. The molecule has 1 heterocycles. The first-order valence-corrected chi connectivity index (χ1v) is 5.51. The maximum absolute atomic E-state index is 4.50. The van der Waals surface area contributed by atoms with Crippen LogP contribution in [0.5, 0.6) is 0 Å². The van der Waals surface area contributed by atoms with Crippen LogP contribution >= 0.6 is 0 Å². The van der Waals surface area contributed by atoms with Crippen LogP contribution < -0.4 is 0 Å². The lowest BCUT2D eigenvalue weighted by molar-refractivity contribution is 0.810. The Morgan fingerprint density at radius 1 is 0.875 bits per heavy atom. The summed E-state index contributed by atoms with van der Waals surface area (Å²) >= 11 is 0. The van der Waals surface area contributed by atoms with Crippen LogP contribution in [0.3, 0.4) is 0 Å². The molecule has 0 unspecified atom stereocenters. The van der Waals surface area contributed by atoms with Crippen molar-refractivity contribution in [3.8, 4) is 0 Å². The smallest absolute Gasteiger partial charge is 0.0670 e. The van der Waals surface area contributed by atoms with Gasteiger partial charge in [-0.2, -0.15) is 0 Å². The third-order valence-electron chi connectivity index (χ3n) is 3.30. The van der Waals surface area contributed by atoms with E-state index < -0.39 is 0 Å². The van der Waals surface area contributed by atoms with E-state index in [1.54, 1.807) is 0 Å². The summed E-state index contributed by atoms with van der Waals surface area (Å²) in [6, 6.07) is 18.9. The molecule has 1 aliphatic heterocycles. The van der Waals surface area contributed by atoms with Gasteiger partial charge in [0.2, 0.25) is 0 Å². The Morgan fingerprint density at radius 3 is 2.38 bits per heavy atom. The van der Waals surface area contributed by atoms with Crippen molar-refractivity contribution in [3.63, 3.8) is 0 Å². The average Bonchev–Trinajstić information content (AvgIpc) is 2.71. The van der Waals surface area contributed by atoms with Crippen molar-refractivity contribution in [2.45, 2.75) is 12.3 Å². The molecule has 0 saturated carbocycles. The molecule has 1 heteroatoms. The predicted molar refractivity (Wildman–Crippen MR) is 67.5 cm³/mol. The number of benzene rings is 2. The Morgan fingerprint density at radius 2 is 1.56 bits per heavy atom. The Bertz CT molecular complexity index is 542. The van der Waals surface area contributed by atoms with Crippen LogP contribution in [0.1, 0.15) is 18.1 Å². The highest BCUT2D eigenvalue weighted by atomic mass is 14.8. The van der Waals surface area contributed by atoms with E-state index in [1.807, 2.05) is 18.3 Å². The van der Waals surface area contributed by atoms with Crippen molar-refractivity contribution in [3.05, 3.63) is 65.7 Å². The zero-order valence-corrected chi connectivity index (χ0v) is 9.22. The fourth-order valence-electron chi connectivity index (χ4n) is 2.31. The van der Waals surface area contributed by atoms with Crippen molar-refractivity contribution >= 4 is 11.9 Å². The van der Waals surface area contributed by atoms with Gasteiger partial charge in [-0.25, -0.2) is 0 Å². The Kier molecular flexibility index (Phi) is 1.93. The molecule has 0 aliphatic carbocycles. The maximum Gasteiger partial charge on any atom is 0.0670 e. The van der Waals surface area contributed by atoms with Crippen LogP contribution in [0.15, 0.2) is 59.6 Å². The molecule has 0 N–H and O–H groups in total. The summed E-state index contributed by atoms with van der Waals surface area (Å²) in [5, 5.41) is 0. The monoisotopic (exact) mass is 207 g/mol. The SMILES string of the molecule is C[C@]1(c2ccccc2)C=Nc2ccccc21. The minimum atomic E-state index is -0.0716. The highest BCUT2D eigenvalue weighted by Crippen LogP contribution is 2.40. The van der Waals surface area contributed by atoms with Gasteiger partial charge in [0.05, 0.1) is 11.1 Å². The van der Waals surface area contributed by atoms with Gasteiger partial charge in [0, 0.05) is 6.21 Å². The molecular formula is C15H13N. The summed E-state index contributed by atoms with van der Waals surface area (Å²) in [6.45, 7) is 2.22. The summed E-state index contributed by atoms with van der Waals surface area (Å²) in [5.74, 6) is 0. The second-order valence-electron chi connectivity index (χ2n) is 4.34. The zero-order valence-electron chi connectivity index (χ0n) is 9.22. The fraction of sp³-hybridized carbons (Fsp3) is 0.133. The first kappa shape index (κ1) is 9.34. The summed E-state index contributed by atoms with van der Waals surface area (Å²) in [7, 11) is 0. The van der Waals surface area contributed by atoms with Crippen molar-refractivity contribution in [2.24, 2.45) is 4.99 Å². The Balaban J connectivity index is 2.19.